The van der Waals surface area contributed by atoms with Crippen molar-refractivity contribution in [2.24, 2.45) is 11.8 Å². The van der Waals surface area contributed by atoms with E-state index >= 15 is 0 Å². The highest BCUT2D eigenvalue weighted by Crippen LogP contribution is 2.34. The van der Waals surface area contributed by atoms with Crippen LogP contribution in [-0.4, -0.2) is 19.7 Å². The molecular weight excluding hydrogens is 270 g/mol. The van der Waals surface area contributed by atoms with Crippen LogP contribution in [0.4, 0.5) is 0 Å². The molecule has 1 fully saturated rings. The van der Waals surface area contributed by atoms with Crippen molar-refractivity contribution in [3.63, 3.8) is 0 Å². The Labute approximate surface area is 127 Å². The zero-order chi connectivity index (χ0) is 14.5. The Balaban J connectivity index is 2.07. The zero-order valence-corrected chi connectivity index (χ0v) is 13.5. The topological polar surface area (TPSA) is 21.3 Å². The molecule has 1 N–H and O–H groups in total. The van der Waals surface area contributed by atoms with Crippen LogP contribution in [-0.2, 0) is 4.74 Å². The molecule has 1 aliphatic rings. The van der Waals surface area contributed by atoms with E-state index in [-0.39, 0.29) is 6.10 Å². The molecule has 0 bridgehead atoms. The molecule has 20 heavy (non-hydrogen) atoms. The summed E-state index contributed by atoms with van der Waals surface area (Å²) in [6, 6.07) is 8.00. The quantitative estimate of drug-likeness (QED) is 0.867. The molecule has 3 unspecified atom stereocenters. The number of rotatable bonds is 5. The largest absolute Gasteiger partial charge is 0.369 e. The van der Waals surface area contributed by atoms with Gasteiger partial charge in [0.2, 0.25) is 0 Å². The van der Waals surface area contributed by atoms with Crippen LogP contribution in [0, 0.1) is 11.8 Å². The second-order valence-electron chi connectivity index (χ2n) is 6.24. The lowest BCUT2D eigenvalue weighted by molar-refractivity contribution is -0.0490. The van der Waals surface area contributed by atoms with Crippen molar-refractivity contribution >= 4 is 11.6 Å². The first kappa shape index (κ1) is 15.8. The Morgan fingerprint density at radius 3 is 2.45 bits per heavy atom. The molecule has 3 heteroatoms. The summed E-state index contributed by atoms with van der Waals surface area (Å²) in [5, 5.41) is 4.02. The Hall–Kier alpha value is -0.570. The van der Waals surface area contributed by atoms with Crippen LogP contribution in [0.1, 0.15) is 44.8 Å². The van der Waals surface area contributed by atoms with Gasteiger partial charge in [0.05, 0.1) is 12.2 Å². The first-order chi connectivity index (χ1) is 9.60. The minimum atomic E-state index is 0.0381. The van der Waals surface area contributed by atoms with Crippen molar-refractivity contribution < 1.29 is 4.74 Å². The third kappa shape index (κ3) is 4.21. The van der Waals surface area contributed by atoms with Gasteiger partial charge in [0.25, 0.3) is 0 Å². The fourth-order valence-electron chi connectivity index (χ4n) is 3.37. The summed E-state index contributed by atoms with van der Waals surface area (Å²) in [5.74, 6) is 1.51. The van der Waals surface area contributed by atoms with Crippen LogP contribution in [0.25, 0.3) is 0 Å². The first-order valence-electron chi connectivity index (χ1n) is 7.64. The fourth-order valence-corrected chi connectivity index (χ4v) is 3.63. The maximum absolute atomic E-state index is 6.39. The van der Waals surface area contributed by atoms with Gasteiger partial charge < -0.3 is 10.1 Å². The van der Waals surface area contributed by atoms with Crippen LogP contribution >= 0.6 is 11.6 Å². The van der Waals surface area contributed by atoms with Crippen molar-refractivity contribution in [1.82, 2.24) is 5.32 Å². The van der Waals surface area contributed by atoms with Crippen LogP contribution in [0.5, 0.6) is 0 Å². The lowest BCUT2D eigenvalue weighted by Crippen LogP contribution is -2.30. The predicted octanol–water partition coefficient (Wildman–Crippen LogP) is 4.44. The average Bonchev–Trinajstić information content (AvgIpc) is 2.37. The third-order valence-electron chi connectivity index (χ3n) is 4.13. The van der Waals surface area contributed by atoms with Crippen LogP contribution in [0.15, 0.2) is 24.3 Å². The number of nitrogens with one attached hydrogen (secondary N) is 1. The average molecular weight is 296 g/mol. The molecule has 1 aliphatic carbocycles. The van der Waals surface area contributed by atoms with E-state index in [9.17, 15) is 0 Å². The van der Waals surface area contributed by atoms with E-state index in [2.05, 4.69) is 25.2 Å². The Morgan fingerprint density at radius 2 is 1.85 bits per heavy atom. The number of halogens is 1. The van der Waals surface area contributed by atoms with E-state index in [4.69, 9.17) is 16.3 Å². The van der Waals surface area contributed by atoms with Gasteiger partial charge in [-0.1, -0.05) is 43.6 Å². The van der Waals surface area contributed by atoms with Gasteiger partial charge in [0.1, 0.15) is 0 Å². The molecule has 2 rings (SSSR count). The van der Waals surface area contributed by atoms with Crippen molar-refractivity contribution in [2.45, 2.75) is 45.3 Å². The number of ether oxygens (including phenoxy) is 1. The summed E-state index contributed by atoms with van der Waals surface area (Å²) in [6.07, 6.45) is 4.03. The molecule has 0 radical (unpaired) electrons. The number of benzene rings is 1. The molecule has 1 aromatic carbocycles. The number of hydrogen-bond donors (Lipinski definition) is 1. The summed E-state index contributed by atoms with van der Waals surface area (Å²) in [5.41, 5.74) is 1.09. The Kier molecular flexibility index (Phi) is 5.88. The summed E-state index contributed by atoms with van der Waals surface area (Å²) in [4.78, 5) is 0. The van der Waals surface area contributed by atoms with Crippen LogP contribution in [0.2, 0.25) is 5.02 Å². The van der Waals surface area contributed by atoms with Gasteiger partial charge in [-0.2, -0.15) is 0 Å². The summed E-state index contributed by atoms with van der Waals surface area (Å²) < 4.78 is 6.39. The highest BCUT2D eigenvalue weighted by molar-refractivity contribution is 6.31. The molecule has 0 spiro atoms. The van der Waals surface area contributed by atoms with E-state index in [0.29, 0.717) is 6.10 Å². The highest BCUT2D eigenvalue weighted by atomic mass is 35.5. The van der Waals surface area contributed by atoms with E-state index in [1.54, 1.807) is 0 Å². The normalized spacial score (nSPS) is 28.3. The molecule has 3 atom stereocenters. The van der Waals surface area contributed by atoms with Gasteiger partial charge >= 0.3 is 0 Å². The molecule has 2 nitrogen and oxygen atoms in total. The van der Waals surface area contributed by atoms with Crippen molar-refractivity contribution in [1.29, 1.82) is 0 Å². The van der Waals surface area contributed by atoms with Gasteiger partial charge in [-0.3, -0.25) is 0 Å². The van der Waals surface area contributed by atoms with Crippen LogP contribution < -0.4 is 5.32 Å². The first-order valence-corrected chi connectivity index (χ1v) is 8.02. The van der Waals surface area contributed by atoms with Gasteiger partial charge in [-0.25, -0.2) is 0 Å². The molecule has 1 saturated carbocycles. The third-order valence-corrected chi connectivity index (χ3v) is 4.48. The second kappa shape index (κ2) is 7.44. The Morgan fingerprint density at radius 1 is 1.20 bits per heavy atom. The molecule has 0 amide bonds. The molecule has 0 saturated heterocycles. The predicted molar refractivity (Wildman–Crippen MR) is 85.2 cm³/mol. The summed E-state index contributed by atoms with van der Waals surface area (Å²) in [7, 11) is 1.96. The van der Waals surface area contributed by atoms with E-state index in [1.165, 1.54) is 6.42 Å². The standard InChI is InChI=1S/C17H26ClNO/c1-12-8-13(2)10-14(9-12)20-17(11-19-3)15-6-4-5-7-16(15)18/h4-7,12-14,17,19H,8-11H2,1-3H3. The van der Waals surface area contributed by atoms with Gasteiger partial charge in [0, 0.05) is 17.1 Å². The lowest BCUT2D eigenvalue weighted by atomic mass is 9.81. The summed E-state index contributed by atoms with van der Waals surface area (Å²) in [6.45, 7) is 5.45. The molecular formula is C17H26ClNO. The molecule has 1 aromatic rings. The smallest absolute Gasteiger partial charge is 0.0967 e. The molecule has 0 aromatic heterocycles. The fraction of sp³-hybridized carbons (Fsp3) is 0.647. The molecule has 0 aliphatic heterocycles. The minimum Gasteiger partial charge on any atom is -0.369 e. The second-order valence-corrected chi connectivity index (χ2v) is 6.65. The van der Waals surface area contributed by atoms with Gasteiger partial charge in [0.15, 0.2) is 0 Å². The monoisotopic (exact) mass is 295 g/mol. The maximum atomic E-state index is 6.39. The molecule has 112 valence electrons. The minimum absolute atomic E-state index is 0.0381. The van der Waals surface area contributed by atoms with E-state index in [1.807, 2.05) is 25.2 Å². The number of hydrogen-bond acceptors (Lipinski definition) is 2. The van der Waals surface area contributed by atoms with Crippen molar-refractivity contribution in [3.8, 4) is 0 Å². The summed E-state index contributed by atoms with van der Waals surface area (Å²) >= 11 is 6.32. The van der Waals surface area contributed by atoms with Crippen molar-refractivity contribution in [2.75, 3.05) is 13.6 Å². The highest BCUT2D eigenvalue weighted by Gasteiger charge is 2.27. The molecule has 0 heterocycles. The van der Waals surface area contributed by atoms with Crippen LogP contribution in [0.3, 0.4) is 0 Å². The van der Waals surface area contributed by atoms with E-state index < -0.39 is 0 Å². The van der Waals surface area contributed by atoms with Gasteiger partial charge in [-0.05, 0) is 44.2 Å². The van der Waals surface area contributed by atoms with Crippen molar-refractivity contribution in [3.05, 3.63) is 34.9 Å². The van der Waals surface area contributed by atoms with E-state index in [0.717, 1.165) is 41.8 Å². The van der Waals surface area contributed by atoms with Gasteiger partial charge in [-0.15, -0.1) is 0 Å². The lowest BCUT2D eigenvalue weighted by Gasteiger charge is -2.34. The zero-order valence-electron chi connectivity index (χ0n) is 12.7. The number of likely N-dealkylation sites (N-methyl/N-ethyl adjacent to an activating group) is 1. The SMILES string of the molecule is CNCC(OC1CC(C)CC(C)C1)c1ccccc1Cl. The Bertz CT molecular complexity index is 413. The maximum Gasteiger partial charge on any atom is 0.0967 e.